The topological polar surface area (TPSA) is 52.6 Å². The zero-order valence-corrected chi connectivity index (χ0v) is 13.3. The minimum Gasteiger partial charge on any atom is -0.392 e. The lowest BCUT2D eigenvalue weighted by atomic mass is 9.95. The van der Waals surface area contributed by atoms with Gasteiger partial charge in [-0.15, -0.1) is 0 Å². The summed E-state index contributed by atoms with van der Waals surface area (Å²) < 4.78 is 0. The first-order valence-electron chi connectivity index (χ1n) is 7.97. The highest BCUT2D eigenvalue weighted by atomic mass is 16.3. The third-order valence-corrected chi connectivity index (χ3v) is 4.39. The van der Waals surface area contributed by atoms with Crippen LogP contribution in [0.4, 0.5) is 4.79 Å². The number of carbonyl (C=O) groups is 1. The number of carbonyl (C=O) groups excluding carboxylic acids is 1. The molecule has 0 fully saturated rings. The standard InChI is InChI=1S/C19H22N2O2/c1-14-9-17-7-2-3-8-18(17)12-21(14)19(23)20-11-15-5-4-6-16(10-15)13-22/h2-8,10,14,22H,9,11-13H2,1H3,(H,20,23). The Hall–Kier alpha value is -2.33. The number of nitrogens with one attached hydrogen (secondary N) is 1. The predicted molar refractivity (Wildman–Crippen MR) is 89.8 cm³/mol. The van der Waals surface area contributed by atoms with Crippen molar-refractivity contribution in [2.24, 2.45) is 0 Å². The summed E-state index contributed by atoms with van der Waals surface area (Å²) in [6.45, 7) is 3.22. The highest BCUT2D eigenvalue weighted by molar-refractivity contribution is 5.75. The van der Waals surface area contributed by atoms with Crippen molar-refractivity contribution in [3.05, 3.63) is 70.8 Å². The number of benzene rings is 2. The smallest absolute Gasteiger partial charge is 0.318 e. The predicted octanol–water partition coefficient (Wildman–Crippen LogP) is 2.84. The number of aliphatic hydroxyl groups excluding tert-OH is 1. The molecule has 0 saturated carbocycles. The van der Waals surface area contributed by atoms with Gasteiger partial charge in [0.2, 0.25) is 0 Å². The van der Waals surface area contributed by atoms with Crippen molar-refractivity contribution >= 4 is 6.03 Å². The zero-order chi connectivity index (χ0) is 16.2. The Morgan fingerprint density at radius 3 is 2.70 bits per heavy atom. The molecule has 0 aliphatic carbocycles. The average molecular weight is 310 g/mol. The monoisotopic (exact) mass is 310 g/mol. The van der Waals surface area contributed by atoms with E-state index in [1.807, 2.05) is 35.2 Å². The van der Waals surface area contributed by atoms with Gasteiger partial charge < -0.3 is 15.3 Å². The van der Waals surface area contributed by atoms with E-state index < -0.39 is 0 Å². The van der Waals surface area contributed by atoms with E-state index in [4.69, 9.17) is 0 Å². The summed E-state index contributed by atoms with van der Waals surface area (Å²) in [6.07, 6.45) is 0.892. The number of rotatable bonds is 3. The molecular formula is C19H22N2O2. The third-order valence-electron chi connectivity index (χ3n) is 4.39. The number of aliphatic hydroxyl groups is 1. The van der Waals surface area contributed by atoms with E-state index in [1.165, 1.54) is 11.1 Å². The molecule has 0 bridgehead atoms. The molecule has 2 aromatic carbocycles. The molecule has 2 aromatic rings. The van der Waals surface area contributed by atoms with Crippen LogP contribution < -0.4 is 5.32 Å². The second-order valence-corrected chi connectivity index (χ2v) is 6.09. The van der Waals surface area contributed by atoms with Gasteiger partial charge in [0.25, 0.3) is 0 Å². The quantitative estimate of drug-likeness (QED) is 0.916. The molecule has 1 heterocycles. The summed E-state index contributed by atoms with van der Waals surface area (Å²) in [5.41, 5.74) is 4.41. The van der Waals surface area contributed by atoms with Gasteiger partial charge in [-0.2, -0.15) is 0 Å². The molecule has 1 unspecified atom stereocenters. The highest BCUT2D eigenvalue weighted by Crippen LogP contribution is 2.23. The lowest BCUT2D eigenvalue weighted by Gasteiger charge is -2.34. The van der Waals surface area contributed by atoms with Crippen LogP contribution in [0.3, 0.4) is 0 Å². The average Bonchev–Trinajstić information content (AvgIpc) is 2.59. The molecule has 0 saturated heterocycles. The maximum atomic E-state index is 12.5. The van der Waals surface area contributed by atoms with Gasteiger partial charge in [0.05, 0.1) is 6.61 Å². The minimum absolute atomic E-state index is 0.0156. The molecule has 120 valence electrons. The Morgan fingerprint density at radius 2 is 1.91 bits per heavy atom. The molecule has 0 spiro atoms. The van der Waals surface area contributed by atoms with Gasteiger partial charge in [-0.1, -0.05) is 48.5 Å². The first-order chi connectivity index (χ1) is 11.2. The van der Waals surface area contributed by atoms with Crippen LogP contribution in [0.2, 0.25) is 0 Å². The van der Waals surface area contributed by atoms with Crippen LogP contribution in [-0.2, 0) is 26.1 Å². The number of hydrogen-bond acceptors (Lipinski definition) is 2. The van der Waals surface area contributed by atoms with Crippen molar-refractivity contribution in [2.75, 3.05) is 0 Å². The molecule has 4 heteroatoms. The van der Waals surface area contributed by atoms with Crippen molar-refractivity contribution < 1.29 is 9.90 Å². The molecule has 4 nitrogen and oxygen atoms in total. The summed E-state index contributed by atoms with van der Waals surface area (Å²) in [5, 5.41) is 12.2. The van der Waals surface area contributed by atoms with Crippen LogP contribution in [0.25, 0.3) is 0 Å². The molecule has 0 aromatic heterocycles. The number of fused-ring (bicyclic) bond motifs is 1. The summed E-state index contributed by atoms with van der Waals surface area (Å²) in [6, 6.07) is 16.1. The molecule has 0 radical (unpaired) electrons. The number of urea groups is 1. The SMILES string of the molecule is CC1Cc2ccccc2CN1C(=O)NCc1cccc(CO)c1. The second-order valence-electron chi connectivity index (χ2n) is 6.09. The molecule has 2 amide bonds. The van der Waals surface area contributed by atoms with Gasteiger partial charge in [-0.25, -0.2) is 4.79 Å². The Kier molecular flexibility index (Phi) is 4.63. The molecule has 3 rings (SSSR count). The second kappa shape index (κ2) is 6.84. The van der Waals surface area contributed by atoms with Crippen molar-refractivity contribution in [2.45, 2.75) is 39.1 Å². The Bertz CT molecular complexity index is 699. The first-order valence-corrected chi connectivity index (χ1v) is 7.97. The van der Waals surface area contributed by atoms with Crippen LogP contribution >= 0.6 is 0 Å². The van der Waals surface area contributed by atoms with Gasteiger partial charge in [0.1, 0.15) is 0 Å². The summed E-state index contributed by atoms with van der Waals surface area (Å²) in [4.78, 5) is 14.4. The molecule has 23 heavy (non-hydrogen) atoms. The fraction of sp³-hybridized carbons (Fsp3) is 0.316. The van der Waals surface area contributed by atoms with E-state index in [9.17, 15) is 9.90 Å². The van der Waals surface area contributed by atoms with Crippen molar-refractivity contribution in [3.8, 4) is 0 Å². The summed E-state index contributed by atoms with van der Waals surface area (Å²) >= 11 is 0. The third kappa shape index (κ3) is 3.54. The van der Waals surface area contributed by atoms with Gasteiger partial charge in [-0.3, -0.25) is 0 Å². The van der Waals surface area contributed by atoms with E-state index in [1.54, 1.807) is 0 Å². The van der Waals surface area contributed by atoms with Crippen molar-refractivity contribution in [3.63, 3.8) is 0 Å². The van der Waals surface area contributed by atoms with Crippen molar-refractivity contribution in [1.82, 2.24) is 10.2 Å². The van der Waals surface area contributed by atoms with E-state index in [0.29, 0.717) is 13.1 Å². The van der Waals surface area contributed by atoms with Gasteiger partial charge >= 0.3 is 6.03 Å². The van der Waals surface area contributed by atoms with Crippen LogP contribution in [0.5, 0.6) is 0 Å². The maximum absolute atomic E-state index is 12.5. The first kappa shape index (κ1) is 15.6. The maximum Gasteiger partial charge on any atom is 0.318 e. The van der Waals surface area contributed by atoms with E-state index >= 15 is 0 Å². The number of amides is 2. The van der Waals surface area contributed by atoms with Crippen LogP contribution in [0.1, 0.15) is 29.2 Å². The number of nitrogens with zero attached hydrogens (tertiary/aromatic N) is 1. The largest absolute Gasteiger partial charge is 0.392 e. The molecule has 1 aliphatic rings. The van der Waals surface area contributed by atoms with E-state index in [-0.39, 0.29) is 18.7 Å². The van der Waals surface area contributed by atoms with Gasteiger partial charge in [0.15, 0.2) is 0 Å². The zero-order valence-electron chi connectivity index (χ0n) is 13.3. The van der Waals surface area contributed by atoms with Gasteiger partial charge in [-0.05, 0) is 35.6 Å². The van der Waals surface area contributed by atoms with Gasteiger partial charge in [0, 0.05) is 19.1 Å². The summed E-state index contributed by atoms with van der Waals surface area (Å²) in [7, 11) is 0. The lowest BCUT2D eigenvalue weighted by molar-refractivity contribution is 0.168. The molecule has 1 atom stereocenters. The van der Waals surface area contributed by atoms with Crippen LogP contribution in [-0.4, -0.2) is 22.1 Å². The summed E-state index contributed by atoms with van der Waals surface area (Å²) in [5.74, 6) is 0. The lowest BCUT2D eigenvalue weighted by Crippen LogP contribution is -2.47. The molecule has 2 N–H and O–H groups in total. The fourth-order valence-corrected chi connectivity index (χ4v) is 3.07. The van der Waals surface area contributed by atoms with Crippen LogP contribution in [0.15, 0.2) is 48.5 Å². The van der Waals surface area contributed by atoms with Crippen LogP contribution in [0, 0.1) is 0 Å². The van der Waals surface area contributed by atoms with E-state index in [0.717, 1.165) is 17.5 Å². The Morgan fingerprint density at radius 1 is 1.17 bits per heavy atom. The Labute approximate surface area is 136 Å². The normalized spacial score (nSPS) is 16.8. The Balaban J connectivity index is 1.64. The number of hydrogen-bond donors (Lipinski definition) is 2. The van der Waals surface area contributed by atoms with E-state index in [2.05, 4.69) is 30.4 Å². The molecule has 1 aliphatic heterocycles. The molecular weight excluding hydrogens is 288 g/mol. The van der Waals surface area contributed by atoms with Crippen molar-refractivity contribution in [1.29, 1.82) is 0 Å². The minimum atomic E-state index is -0.0404. The highest BCUT2D eigenvalue weighted by Gasteiger charge is 2.26. The fourth-order valence-electron chi connectivity index (χ4n) is 3.07.